The number of hydrogen-bond donors (Lipinski definition) is 1. The zero-order valence-electron chi connectivity index (χ0n) is 11.2. The topological polar surface area (TPSA) is 32.5 Å². The lowest BCUT2D eigenvalue weighted by atomic mass is 10.0. The number of rotatable bonds is 3. The monoisotopic (exact) mass is 251 g/mol. The van der Waals surface area contributed by atoms with E-state index in [1.807, 2.05) is 0 Å². The molecule has 1 aliphatic rings. The maximum Gasteiger partial charge on any atom is 0.129 e. The van der Waals surface area contributed by atoms with Crippen LogP contribution in [-0.2, 0) is 6.54 Å². The molecular formula is C14H22FN3. The normalized spacial score (nSPS) is 18.4. The molecule has 0 spiro atoms. The highest BCUT2D eigenvalue weighted by Gasteiger charge is 2.21. The van der Waals surface area contributed by atoms with Crippen molar-refractivity contribution in [1.82, 2.24) is 9.80 Å². The summed E-state index contributed by atoms with van der Waals surface area (Å²) in [5.41, 5.74) is 6.77. The van der Waals surface area contributed by atoms with Crippen LogP contribution in [0.2, 0.25) is 0 Å². The standard InChI is InChI=1S/C14H22FN3/c1-17-7-5-13(6-8-17)18(2)10-11-3-4-12(16)9-14(11)15/h3-4,9,13H,5-8,10,16H2,1-2H3. The molecule has 1 aromatic carbocycles. The Morgan fingerprint density at radius 1 is 1.39 bits per heavy atom. The second-order valence-corrected chi connectivity index (χ2v) is 5.30. The predicted molar refractivity (Wildman–Crippen MR) is 72.8 cm³/mol. The largest absolute Gasteiger partial charge is 0.399 e. The molecule has 4 heteroatoms. The van der Waals surface area contributed by atoms with Crippen molar-refractivity contribution in [3.63, 3.8) is 0 Å². The fraction of sp³-hybridized carbons (Fsp3) is 0.571. The van der Waals surface area contributed by atoms with Crippen LogP contribution in [0.5, 0.6) is 0 Å². The van der Waals surface area contributed by atoms with Gasteiger partial charge >= 0.3 is 0 Å². The molecule has 2 rings (SSSR count). The quantitative estimate of drug-likeness (QED) is 0.833. The maximum absolute atomic E-state index is 13.7. The van der Waals surface area contributed by atoms with Gasteiger partial charge in [0.1, 0.15) is 5.82 Å². The molecule has 0 bridgehead atoms. The van der Waals surface area contributed by atoms with Gasteiger partial charge in [-0.25, -0.2) is 4.39 Å². The van der Waals surface area contributed by atoms with Crippen molar-refractivity contribution < 1.29 is 4.39 Å². The van der Waals surface area contributed by atoms with Crippen LogP contribution in [0.4, 0.5) is 10.1 Å². The summed E-state index contributed by atoms with van der Waals surface area (Å²) in [4.78, 5) is 4.59. The number of nitrogen functional groups attached to an aromatic ring is 1. The second-order valence-electron chi connectivity index (χ2n) is 5.30. The minimum atomic E-state index is -0.199. The summed E-state index contributed by atoms with van der Waals surface area (Å²) in [5, 5.41) is 0. The number of likely N-dealkylation sites (tertiary alicyclic amines) is 1. The number of anilines is 1. The van der Waals surface area contributed by atoms with Crippen LogP contribution < -0.4 is 5.73 Å². The van der Waals surface area contributed by atoms with Crippen LogP contribution in [0, 0.1) is 5.82 Å². The minimum absolute atomic E-state index is 0.199. The van der Waals surface area contributed by atoms with Gasteiger partial charge in [-0.2, -0.15) is 0 Å². The summed E-state index contributed by atoms with van der Waals surface area (Å²) in [5.74, 6) is -0.199. The minimum Gasteiger partial charge on any atom is -0.399 e. The van der Waals surface area contributed by atoms with Gasteiger partial charge in [0, 0.05) is 23.8 Å². The van der Waals surface area contributed by atoms with E-state index in [9.17, 15) is 4.39 Å². The molecule has 1 fully saturated rings. The molecule has 3 nitrogen and oxygen atoms in total. The molecule has 1 saturated heterocycles. The molecule has 1 aromatic rings. The van der Waals surface area contributed by atoms with Crippen molar-refractivity contribution in [3.05, 3.63) is 29.6 Å². The Kier molecular flexibility index (Phi) is 4.19. The highest BCUT2D eigenvalue weighted by Crippen LogP contribution is 2.19. The average Bonchev–Trinajstić information content (AvgIpc) is 2.33. The number of nitrogens with two attached hydrogens (primary N) is 1. The van der Waals surface area contributed by atoms with E-state index in [1.165, 1.54) is 6.07 Å². The maximum atomic E-state index is 13.7. The van der Waals surface area contributed by atoms with E-state index in [2.05, 4.69) is 23.9 Å². The SMILES string of the molecule is CN1CCC(N(C)Cc2ccc(N)cc2F)CC1. The summed E-state index contributed by atoms with van der Waals surface area (Å²) in [7, 11) is 4.22. The molecule has 0 unspecified atom stereocenters. The van der Waals surface area contributed by atoms with Crippen molar-refractivity contribution in [3.8, 4) is 0 Å². The van der Waals surface area contributed by atoms with E-state index in [0.717, 1.165) is 31.5 Å². The summed E-state index contributed by atoms with van der Waals surface area (Å²) in [6, 6.07) is 5.51. The lowest BCUT2D eigenvalue weighted by Gasteiger charge is -2.35. The van der Waals surface area contributed by atoms with Crippen LogP contribution in [0.25, 0.3) is 0 Å². The molecule has 0 aromatic heterocycles. The Morgan fingerprint density at radius 2 is 2.06 bits per heavy atom. The first-order valence-electron chi connectivity index (χ1n) is 6.49. The van der Waals surface area contributed by atoms with Gasteiger partial charge in [0.2, 0.25) is 0 Å². The Balaban J connectivity index is 1.96. The second kappa shape index (κ2) is 5.67. The third-order valence-electron chi connectivity index (χ3n) is 3.81. The van der Waals surface area contributed by atoms with Crippen LogP contribution in [0.15, 0.2) is 18.2 Å². The van der Waals surface area contributed by atoms with E-state index in [1.54, 1.807) is 12.1 Å². The molecule has 0 radical (unpaired) electrons. The van der Waals surface area contributed by atoms with Crippen molar-refractivity contribution in [2.45, 2.75) is 25.4 Å². The lowest BCUT2D eigenvalue weighted by molar-refractivity contribution is 0.138. The molecule has 0 saturated carbocycles. The van der Waals surface area contributed by atoms with Gasteiger partial charge < -0.3 is 10.6 Å². The van der Waals surface area contributed by atoms with Crippen molar-refractivity contribution >= 4 is 5.69 Å². The lowest BCUT2D eigenvalue weighted by Crippen LogP contribution is -2.41. The smallest absolute Gasteiger partial charge is 0.129 e. The van der Waals surface area contributed by atoms with Crippen LogP contribution in [-0.4, -0.2) is 43.0 Å². The van der Waals surface area contributed by atoms with Gasteiger partial charge in [-0.3, -0.25) is 4.90 Å². The number of nitrogens with zero attached hydrogens (tertiary/aromatic N) is 2. The van der Waals surface area contributed by atoms with Gasteiger partial charge in [0.25, 0.3) is 0 Å². The Morgan fingerprint density at radius 3 is 2.67 bits per heavy atom. The summed E-state index contributed by atoms with van der Waals surface area (Å²) >= 11 is 0. The first-order chi connectivity index (χ1) is 8.56. The van der Waals surface area contributed by atoms with E-state index >= 15 is 0 Å². The Labute approximate surface area is 108 Å². The van der Waals surface area contributed by atoms with Crippen molar-refractivity contribution in [2.75, 3.05) is 32.9 Å². The van der Waals surface area contributed by atoms with Crippen molar-refractivity contribution in [1.29, 1.82) is 0 Å². The molecule has 2 N–H and O–H groups in total. The van der Waals surface area contributed by atoms with E-state index in [4.69, 9.17) is 5.73 Å². The summed E-state index contributed by atoms with van der Waals surface area (Å²) < 4.78 is 13.7. The molecule has 1 aliphatic heterocycles. The first kappa shape index (κ1) is 13.3. The van der Waals surface area contributed by atoms with Crippen LogP contribution in [0.1, 0.15) is 18.4 Å². The molecule has 0 atom stereocenters. The molecular weight excluding hydrogens is 229 g/mol. The third kappa shape index (κ3) is 3.21. The molecule has 1 heterocycles. The fourth-order valence-corrected chi connectivity index (χ4v) is 2.53. The van der Waals surface area contributed by atoms with Crippen molar-refractivity contribution in [2.24, 2.45) is 0 Å². The zero-order valence-corrected chi connectivity index (χ0v) is 11.2. The van der Waals surface area contributed by atoms with Gasteiger partial charge in [0.05, 0.1) is 0 Å². The van der Waals surface area contributed by atoms with E-state index < -0.39 is 0 Å². The summed E-state index contributed by atoms with van der Waals surface area (Å²) in [6.07, 6.45) is 2.31. The van der Waals surface area contributed by atoms with Gasteiger partial charge in [-0.15, -0.1) is 0 Å². The highest BCUT2D eigenvalue weighted by molar-refractivity contribution is 5.40. The number of benzene rings is 1. The number of halogens is 1. The highest BCUT2D eigenvalue weighted by atomic mass is 19.1. The fourth-order valence-electron chi connectivity index (χ4n) is 2.53. The third-order valence-corrected chi connectivity index (χ3v) is 3.81. The van der Waals surface area contributed by atoms with E-state index in [-0.39, 0.29) is 5.82 Å². The molecule has 18 heavy (non-hydrogen) atoms. The molecule has 0 aliphatic carbocycles. The molecule has 0 amide bonds. The van der Waals surface area contributed by atoms with Gasteiger partial charge in [-0.1, -0.05) is 6.07 Å². The van der Waals surface area contributed by atoms with Gasteiger partial charge in [-0.05, 0) is 52.2 Å². The zero-order chi connectivity index (χ0) is 13.1. The first-order valence-corrected chi connectivity index (χ1v) is 6.49. The van der Waals surface area contributed by atoms with Gasteiger partial charge in [0.15, 0.2) is 0 Å². The van der Waals surface area contributed by atoms with Crippen LogP contribution in [0.3, 0.4) is 0 Å². The van der Waals surface area contributed by atoms with E-state index in [0.29, 0.717) is 18.3 Å². The Hall–Kier alpha value is -1.13. The number of hydrogen-bond acceptors (Lipinski definition) is 3. The predicted octanol–water partition coefficient (Wildman–Crippen LogP) is 1.93. The molecule has 100 valence electrons. The Bertz CT molecular complexity index is 400. The average molecular weight is 251 g/mol. The summed E-state index contributed by atoms with van der Waals surface area (Å²) in [6.45, 7) is 2.90. The number of piperidine rings is 1. The van der Waals surface area contributed by atoms with Crippen LogP contribution >= 0.6 is 0 Å².